The van der Waals surface area contributed by atoms with Gasteiger partial charge in [-0.25, -0.2) is 9.00 Å². The molecule has 0 bridgehead atoms. The molecule has 0 saturated carbocycles. The molecule has 1 aliphatic rings. The average Bonchev–Trinajstić information content (AvgIpc) is 3.12. The topological polar surface area (TPSA) is 145 Å². The lowest BCUT2D eigenvalue weighted by Gasteiger charge is -2.34. The molecule has 1 fully saturated rings. The third-order valence-electron chi connectivity index (χ3n) is 5.13. The third kappa shape index (κ3) is 4.43. The lowest BCUT2D eigenvalue weighted by atomic mass is 10.0. The number of benzene rings is 2. The molecule has 4 N–H and O–H groups in total. The van der Waals surface area contributed by atoms with E-state index in [1.54, 1.807) is 11.0 Å². The number of oxazole rings is 1. The van der Waals surface area contributed by atoms with E-state index in [-0.39, 0.29) is 16.8 Å². The molecule has 1 aromatic heterocycles. The van der Waals surface area contributed by atoms with Crippen LogP contribution in [0.5, 0.6) is 0 Å². The summed E-state index contributed by atoms with van der Waals surface area (Å²) in [5.41, 5.74) is 2.01. The van der Waals surface area contributed by atoms with Crippen LogP contribution in [-0.4, -0.2) is 50.1 Å². The second-order valence-corrected chi connectivity index (χ2v) is 8.09. The molecule has 0 radical (unpaired) electrons. The summed E-state index contributed by atoms with van der Waals surface area (Å²) < 4.78 is 26.5. The van der Waals surface area contributed by atoms with Crippen molar-refractivity contribution in [1.29, 1.82) is 0 Å². The minimum Gasteiger partial charge on any atom is -0.408 e. The van der Waals surface area contributed by atoms with Crippen LogP contribution in [0.2, 0.25) is 0 Å². The van der Waals surface area contributed by atoms with Crippen LogP contribution in [0.15, 0.2) is 50.5 Å². The average molecular weight is 444 g/mol. The zero-order chi connectivity index (χ0) is 22.1. The van der Waals surface area contributed by atoms with Crippen molar-refractivity contribution < 1.29 is 22.8 Å². The highest BCUT2D eigenvalue weighted by Crippen LogP contribution is 2.27. The first kappa shape index (κ1) is 21.0. The SMILES string of the molecule is CC(=O)N1CCNC(c2cc(NC(=O)c3ccc4oc(=O)[nH]c4c3)ccc2S(=O)O)C1. The lowest BCUT2D eigenvalue weighted by molar-refractivity contribution is -0.130. The molecule has 2 aromatic carbocycles. The quantitative estimate of drug-likeness (QED) is 0.446. The van der Waals surface area contributed by atoms with Crippen LogP contribution in [0.1, 0.15) is 28.9 Å². The van der Waals surface area contributed by atoms with Gasteiger partial charge in [0.2, 0.25) is 5.91 Å². The van der Waals surface area contributed by atoms with Crippen LogP contribution >= 0.6 is 0 Å². The van der Waals surface area contributed by atoms with E-state index in [9.17, 15) is 23.1 Å². The van der Waals surface area contributed by atoms with Gasteiger partial charge in [0, 0.05) is 37.8 Å². The fourth-order valence-electron chi connectivity index (χ4n) is 3.60. The number of nitrogens with zero attached hydrogens (tertiary/aromatic N) is 1. The van der Waals surface area contributed by atoms with Gasteiger partial charge in [-0.15, -0.1) is 0 Å². The maximum Gasteiger partial charge on any atom is 0.417 e. The Morgan fingerprint density at radius 2 is 2.06 bits per heavy atom. The van der Waals surface area contributed by atoms with Crippen molar-refractivity contribution in [3.05, 3.63) is 58.1 Å². The standard InChI is InChI=1S/C20H20N4O6S/c1-11(25)24-7-6-21-16(10-24)14-9-13(3-5-18(14)31(28)29)22-19(26)12-2-4-17-15(8-12)23-20(27)30-17/h2-5,8-9,16,21H,6-7,10H2,1H3,(H,22,26)(H,23,27)(H,28,29). The van der Waals surface area contributed by atoms with Gasteiger partial charge in [-0.2, -0.15) is 0 Å². The Hall–Kier alpha value is -3.28. The van der Waals surface area contributed by atoms with Crippen LogP contribution in [0.4, 0.5) is 5.69 Å². The largest absolute Gasteiger partial charge is 0.417 e. The van der Waals surface area contributed by atoms with Crippen molar-refractivity contribution >= 4 is 39.7 Å². The number of carbonyl (C=O) groups excluding carboxylic acids is 2. The number of aromatic amines is 1. The van der Waals surface area contributed by atoms with Crippen LogP contribution in [-0.2, 0) is 15.9 Å². The highest BCUT2D eigenvalue weighted by molar-refractivity contribution is 7.79. The maximum atomic E-state index is 12.7. The fourth-order valence-corrected chi connectivity index (χ4v) is 4.19. The Morgan fingerprint density at radius 1 is 1.26 bits per heavy atom. The third-order valence-corrected chi connectivity index (χ3v) is 5.88. The molecule has 3 aromatic rings. The summed E-state index contributed by atoms with van der Waals surface area (Å²) in [6.07, 6.45) is 0. The van der Waals surface area contributed by atoms with Crippen molar-refractivity contribution in [2.24, 2.45) is 0 Å². The Kier molecular flexibility index (Phi) is 5.72. The summed E-state index contributed by atoms with van der Waals surface area (Å²) in [6, 6.07) is 8.84. The van der Waals surface area contributed by atoms with Gasteiger partial charge in [-0.1, -0.05) is 0 Å². The van der Waals surface area contributed by atoms with E-state index in [1.807, 2.05) is 0 Å². The van der Waals surface area contributed by atoms with Crippen molar-refractivity contribution in [2.75, 3.05) is 25.0 Å². The van der Waals surface area contributed by atoms with E-state index in [2.05, 4.69) is 15.6 Å². The Balaban J connectivity index is 1.61. The Morgan fingerprint density at radius 3 is 2.81 bits per heavy atom. The molecule has 2 heterocycles. The van der Waals surface area contributed by atoms with Crippen LogP contribution < -0.4 is 16.4 Å². The second kappa shape index (κ2) is 8.46. The van der Waals surface area contributed by atoms with Gasteiger partial charge in [-0.3, -0.25) is 14.6 Å². The van der Waals surface area contributed by atoms with E-state index in [4.69, 9.17) is 4.42 Å². The second-order valence-electron chi connectivity index (χ2n) is 7.15. The summed E-state index contributed by atoms with van der Waals surface area (Å²) >= 11 is -2.23. The number of H-pyrrole nitrogens is 1. The number of carbonyl (C=O) groups is 2. The molecule has 10 nitrogen and oxygen atoms in total. The van der Waals surface area contributed by atoms with Gasteiger partial charge in [0.05, 0.1) is 16.5 Å². The molecule has 0 aliphatic carbocycles. The van der Waals surface area contributed by atoms with Crippen molar-refractivity contribution in [3.8, 4) is 0 Å². The molecule has 1 saturated heterocycles. The normalized spacial score (nSPS) is 17.5. The number of hydrogen-bond donors (Lipinski definition) is 4. The molecule has 4 rings (SSSR count). The summed E-state index contributed by atoms with van der Waals surface area (Å²) in [5, 5.41) is 6.01. The van der Waals surface area contributed by atoms with E-state index >= 15 is 0 Å². The number of rotatable bonds is 4. The molecule has 2 unspecified atom stereocenters. The highest BCUT2D eigenvalue weighted by Gasteiger charge is 2.26. The van der Waals surface area contributed by atoms with Gasteiger partial charge in [0.1, 0.15) is 0 Å². The number of piperazine rings is 1. The van der Waals surface area contributed by atoms with E-state index < -0.39 is 22.7 Å². The number of aromatic nitrogens is 1. The summed E-state index contributed by atoms with van der Waals surface area (Å²) in [5.74, 6) is -1.10. The lowest BCUT2D eigenvalue weighted by Crippen LogP contribution is -2.47. The fraction of sp³-hybridized carbons (Fsp3) is 0.250. The molecule has 11 heteroatoms. The summed E-state index contributed by atoms with van der Waals surface area (Å²) in [4.78, 5) is 40.1. The molecule has 31 heavy (non-hydrogen) atoms. The Bertz CT molecular complexity index is 1250. The molecule has 1 aliphatic heterocycles. The van der Waals surface area contributed by atoms with Crippen molar-refractivity contribution in [2.45, 2.75) is 17.9 Å². The molecular formula is C20H20N4O6S. The number of anilines is 1. The smallest absolute Gasteiger partial charge is 0.408 e. The van der Waals surface area contributed by atoms with Gasteiger partial charge in [-0.05, 0) is 42.0 Å². The monoisotopic (exact) mass is 444 g/mol. The zero-order valence-corrected chi connectivity index (χ0v) is 17.3. The predicted molar refractivity (Wildman–Crippen MR) is 113 cm³/mol. The molecule has 2 atom stereocenters. The van der Waals surface area contributed by atoms with Crippen molar-refractivity contribution in [3.63, 3.8) is 0 Å². The van der Waals surface area contributed by atoms with E-state index in [1.165, 1.54) is 37.3 Å². The first-order valence-corrected chi connectivity index (χ1v) is 10.6. The van der Waals surface area contributed by atoms with Crippen molar-refractivity contribution in [1.82, 2.24) is 15.2 Å². The van der Waals surface area contributed by atoms with Gasteiger partial charge in [0.15, 0.2) is 16.7 Å². The number of nitrogens with one attached hydrogen (secondary N) is 3. The minimum absolute atomic E-state index is 0.0738. The number of amides is 2. The first-order chi connectivity index (χ1) is 14.8. The van der Waals surface area contributed by atoms with Gasteiger partial charge in [0.25, 0.3) is 5.91 Å². The van der Waals surface area contributed by atoms with E-state index in [0.29, 0.717) is 47.5 Å². The Labute approximate surface area is 178 Å². The van der Waals surface area contributed by atoms with Gasteiger partial charge < -0.3 is 24.5 Å². The van der Waals surface area contributed by atoms with Crippen LogP contribution in [0.3, 0.4) is 0 Å². The molecule has 0 spiro atoms. The molecular weight excluding hydrogens is 424 g/mol. The predicted octanol–water partition coefficient (Wildman–Crippen LogP) is 1.45. The summed E-state index contributed by atoms with van der Waals surface area (Å²) in [7, 11) is 0. The number of hydrogen-bond acceptors (Lipinski definition) is 6. The molecule has 2 amide bonds. The van der Waals surface area contributed by atoms with Gasteiger partial charge >= 0.3 is 5.76 Å². The maximum absolute atomic E-state index is 12.7. The van der Waals surface area contributed by atoms with Crippen LogP contribution in [0, 0.1) is 0 Å². The minimum atomic E-state index is -2.23. The number of fused-ring (bicyclic) bond motifs is 1. The first-order valence-electron chi connectivity index (χ1n) is 9.50. The zero-order valence-electron chi connectivity index (χ0n) is 16.5. The molecule has 162 valence electrons. The van der Waals surface area contributed by atoms with E-state index in [0.717, 1.165) is 0 Å². The summed E-state index contributed by atoms with van der Waals surface area (Å²) in [6.45, 7) is 2.93. The highest BCUT2D eigenvalue weighted by atomic mass is 32.2. The van der Waals surface area contributed by atoms with Crippen LogP contribution in [0.25, 0.3) is 11.1 Å².